The van der Waals surface area contributed by atoms with Crippen LogP contribution in [0, 0.1) is 0 Å². The van der Waals surface area contributed by atoms with Gasteiger partial charge in [-0.1, -0.05) is 18.2 Å². The lowest BCUT2D eigenvalue weighted by molar-refractivity contribution is -0.0406. The van der Waals surface area contributed by atoms with Crippen LogP contribution in [0.25, 0.3) is 27.7 Å². The average molecular weight is 455 g/mol. The van der Waals surface area contributed by atoms with Crippen molar-refractivity contribution in [3.8, 4) is 11.1 Å². The van der Waals surface area contributed by atoms with Crippen molar-refractivity contribution >= 4 is 44.1 Å². The summed E-state index contributed by atoms with van der Waals surface area (Å²) in [6.07, 6.45) is 4.39. The van der Waals surface area contributed by atoms with Crippen LogP contribution in [0.3, 0.4) is 0 Å². The Bertz CT molecular complexity index is 1210. The molecule has 148 valence electrons. The third kappa shape index (κ3) is 3.11. The van der Waals surface area contributed by atoms with Gasteiger partial charge in [0, 0.05) is 35.8 Å². The monoisotopic (exact) mass is 454 g/mol. The molecule has 5 rings (SSSR count). The Balaban J connectivity index is 1.61. The molecule has 0 saturated carbocycles. The van der Waals surface area contributed by atoms with Crippen molar-refractivity contribution < 1.29 is 9.84 Å². The molecule has 29 heavy (non-hydrogen) atoms. The van der Waals surface area contributed by atoms with Crippen molar-refractivity contribution in [2.24, 2.45) is 0 Å². The molecule has 1 aromatic carbocycles. The standard InChI is InChI=1S/C20H19BrN6O2/c21-17-18(22)27-19(25-20(17)26-6-5-14(10-26)29-11-28)15(9-24-27)13-7-12-3-1-2-4-16(12)23-8-13/h1-4,7-9,14,28H,5-6,10-11,22H2. The predicted octanol–water partition coefficient (Wildman–Crippen LogP) is 2.83. The third-order valence-corrected chi connectivity index (χ3v) is 6.02. The van der Waals surface area contributed by atoms with Crippen LogP contribution in [0.1, 0.15) is 6.42 Å². The number of halogens is 1. The molecule has 1 aliphatic heterocycles. The number of hydrogen-bond donors (Lipinski definition) is 2. The van der Waals surface area contributed by atoms with Gasteiger partial charge in [0.05, 0.1) is 17.8 Å². The zero-order valence-corrected chi connectivity index (χ0v) is 17.1. The zero-order chi connectivity index (χ0) is 20.0. The summed E-state index contributed by atoms with van der Waals surface area (Å²) in [4.78, 5) is 11.5. The minimum Gasteiger partial charge on any atom is -0.383 e. The first-order valence-corrected chi connectivity index (χ1v) is 10.1. The number of para-hydroxylation sites is 1. The molecule has 8 nitrogen and oxygen atoms in total. The van der Waals surface area contributed by atoms with Crippen molar-refractivity contribution in [1.82, 2.24) is 19.6 Å². The summed E-state index contributed by atoms with van der Waals surface area (Å²) in [5.41, 5.74) is 9.77. The highest BCUT2D eigenvalue weighted by molar-refractivity contribution is 9.10. The maximum Gasteiger partial charge on any atom is 0.167 e. The molecule has 1 atom stereocenters. The molecule has 1 fully saturated rings. The fourth-order valence-electron chi connectivity index (χ4n) is 3.78. The average Bonchev–Trinajstić information content (AvgIpc) is 3.38. The highest BCUT2D eigenvalue weighted by atomic mass is 79.9. The molecule has 0 bridgehead atoms. The SMILES string of the molecule is Nc1c(Br)c(N2CCC(OCO)C2)nc2c(-c3cnc4ccccc4c3)cnn12. The van der Waals surface area contributed by atoms with E-state index in [0.717, 1.165) is 40.8 Å². The van der Waals surface area contributed by atoms with E-state index in [2.05, 4.69) is 37.0 Å². The summed E-state index contributed by atoms with van der Waals surface area (Å²) in [7, 11) is 0. The summed E-state index contributed by atoms with van der Waals surface area (Å²) in [5, 5.41) is 14.5. The lowest BCUT2D eigenvalue weighted by Crippen LogP contribution is -2.25. The Labute approximate surface area is 175 Å². The lowest BCUT2D eigenvalue weighted by atomic mass is 10.1. The van der Waals surface area contributed by atoms with Gasteiger partial charge in [0.25, 0.3) is 0 Å². The minimum absolute atomic E-state index is 0.0276. The van der Waals surface area contributed by atoms with Gasteiger partial charge < -0.3 is 20.5 Å². The molecule has 4 aromatic rings. The number of nitrogens with two attached hydrogens (primary N) is 1. The first-order valence-electron chi connectivity index (χ1n) is 9.31. The Morgan fingerprint density at radius 2 is 2.14 bits per heavy atom. The number of fused-ring (bicyclic) bond motifs is 2. The van der Waals surface area contributed by atoms with Gasteiger partial charge in [-0.25, -0.2) is 4.98 Å². The van der Waals surface area contributed by atoms with Gasteiger partial charge in [-0.3, -0.25) is 4.98 Å². The number of ether oxygens (including phenoxy) is 1. The molecule has 0 radical (unpaired) electrons. The quantitative estimate of drug-likeness (QED) is 0.457. The Hall–Kier alpha value is -2.75. The van der Waals surface area contributed by atoms with Crippen molar-refractivity contribution in [3.63, 3.8) is 0 Å². The van der Waals surface area contributed by atoms with E-state index in [1.165, 1.54) is 0 Å². The second-order valence-corrected chi connectivity index (χ2v) is 7.79. The molecule has 1 saturated heterocycles. The van der Waals surface area contributed by atoms with Gasteiger partial charge in [0.15, 0.2) is 5.65 Å². The highest BCUT2D eigenvalue weighted by Gasteiger charge is 2.27. The summed E-state index contributed by atoms with van der Waals surface area (Å²) >= 11 is 3.58. The number of hydrogen-bond acceptors (Lipinski definition) is 7. The summed E-state index contributed by atoms with van der Waals surface area (Å²) < 4.78 is 7.67. The van der Waals surface area contributed by atoms with Crippen LogP contribution in [-0.4, -0.2) is 50.7 Å². The van der Waals surface area contributed by atoms with E-state index in [-0.39, 0.29) is 12.9 Å². The summed E-state index contributed by atoms with van der Waals surface area (Å²) in [6, 6.07) is 10.1. The second-order valence-electron chi connectivity index (χ2n) is 7.00. The summed E-state index contributed by atoms with van der Waals surface area (Å²) in [5.74, 6) is 1.23. The molecule has 4 heterocycles. The number of nitrogen functional groups attached to an aromatic ring is 1. The van der Waals surface area contributed by atoms with Gasteiger partial charge in [0.2, 0.25) is 0 Å². The Morgan fingerprint density at radius 3 is 3.00 bits per heavy atom. The molecule has 9 heteroatoms. The molecule has 1 aliphatic rings. The van der Waals surface area contributed by atoms with Crippen molar-refractivity contribution in [2.45, 2.75) is 12.5 Å². The van der Waals surface area contributed by atoms with Gasteiger partial charge in [0.1, 0.15) is 22.9 Å². The molecule has 3 N–H and O–H groups in total. The number of rotatable bonds is 4. The molecule has 0 amide bonds. The molecule has 3 aromatic heterocycles. The Kier molecular flexibility index (Phi) is 4.57. The molecule has 0 aliphatic carbocycles. The molecule has 0 spiro atoms. The highest BCUT2D eigenvalue weighted by Crippen LogP contribution is 2.36. The first kappa shape index (κ1) is 18.3. The van der Waals surface area contributed by atoms with Crippen LogP contribution >= 0.6 is 15.9 Å². The molecular formula is C20H19BrN6O2. The van der Waals surface area contributed by atoms with Gasteiger partial charge in [-0.2, -0.15) is 9.61 Å². The van der Waals surface area contributed by atoms with E-state index in [9.17, 15) is 0 Å². The van der Waals surface area contributed by atoms with Crippen LogP contribution in [-0.2, 0) is 4.74 Å². The second kappa shape index (κ2) is 7.25. The third-order valence-electron chi connectivity index (χ3n) is 5.26. The maximum atomic E-state index is 9.03. The van der Waals surface area contributed by atoms with E-state index >= 15 is 0 Å². The normalized spacial score (nSPS) is 16.9. The minimum atomic E-state index is -0.282. The molecule has 1 unspecified atom stereocenters. The van der Waals surface area contributed by atoms with E-state index < -0.39 is 0 Å². The number of aliphatic hydroxyl groups is 1. The number of nitrogens with zero attached hydrogens (tertiary/aromatic N) is 5. The number of pyridine rings is 1. The van der Waals surface area contributed by atoms with E-state index in [1.54, 1.807) is 10.7 Å². The number of aliphatic hydroxyl groups excluding tert-OH is 1. The van der Waals surface area contributed by atoms with Gasteiger partial charge in [-0.15, -0.1) is 0 Å². The topological polar surface area (TPSA) is 102 Å². The number of anilines is 2. The van der Waals surface area contributed by atoms with E-state index in [1.807, 2.05) is 30.5 Å². The van der Waals surface area contributed by atoms with Gasteiger partial charge >= 0.3 is 0 Å². The van der Waals surface area contributed by atoms with Crippen LogP contribution < -0.4 is 10.6 Å². The Morgan fingerprint density at radius 1 is 1.28 bits per heavy atom. The van der Waals surface area contributed by atoms with E-state index in [0.29, 0.717) is 22.5 Å². The lowest BCUT2D eigenvalue weighted by Gasteiger charge is -2.20. The number of benzene rings is 1. The smallest absolute Gasteiger partial charge is 0.167 e. The maximum absolute atomic E-state index is 9.03. The van der Waals surface area contributed by atoms with Crippen LogP contribution in [0.5, 0.6) is 0 Å². The van der Waals surface area contributed by atoms with Crippen LogP contribution in [0.2, 0.25) is 0 Å². The van der Waals surface area contributed by atoms with Gasteiger partial charge in [-0.05, 0) is 34.5 Å². The zero-order valence-electron chi connectivity index (χ0n) is 15.5. The fraction of sp³-hybridized carbons (Fsp3) is 0.250. The van der Waals surface area contributed by atoms with Crippen LogP contribution in [0.4, 0.5) is 11.6 Å². The van der Waals surface area contributed by atoms with Crippen molar-refractivity contribution in [3.05, 3.63) is 47.2 Å². The summed E-state index contributed by atoms with van der Waals surface area (Å²) in [6.45, 7) is 1.13. The van der Waals surface area contributed by atoms with Crippen molar-refractivity contribution in [1.29, 1.82) is 0 Å². The predicted molar refractivity (Wildman–Crippen MR) is 115 cm³/mol. The first-order chi connectivity index (χ1) is 14.2. The van der Waals surface area contributed by atoms with Crippen LogP contribution in [0.15, 0.2) is 47.2 Å². The largest absolute Gasteiger partial charge is 0.383 e. The molecular weight excluding hydrogens is 436 g/mol. The van der Waals surface area contributed by atoms with Crippen molar-refractivity contribution in [2.75, 3.05) is 30.5 Å². The van der Waals surface area contributed by atoms with E-state index in [4.69, 9.17) is 20.6 Å². The fourth-order valence-corrected chi connectivity index (χ4v) is 4.28. The number of aromatic nitrogens is 4.